The molecular weight excluding hydrogens is 424 g/mol. The van der Waals surface area contributed by atoms with Gasteiger partial charge in [-0.2, -0.15) is 0 Å². The van der Waals surface area contributed by atoms with Crippen LogP contribution < -0.4 is 14.2 Å². The van der Waals surface area contributed by atoms with Crippen LogP contribution in [0.25, 0.3) is 5.57 Å². The topological polar surface area (TPSA) is 48.0 Å². The fourth-order valence-corrected chi connectivity index (χ4v) is 4.29. The number of amides is 1. The van der Waals surface area contributed by atoms with E-state index >= 15 is 0 Å². The van der Waals surface area contributed by atoms with Gasteiger partial charge in [0, 0.05) is 42.3 Å². The lowest BCUT2D eigenvalue weighted by Crippen LogP contribution is -2.34. The van der Waals surface area contributed by atoms with Crippen molar-refractivity contribution in [2.75, 3.05) is 40.2 Å². The SMILES string of the molecule is COc1cc(OC)c(C2=CCN(C(=O)CCSc3ccc(F)c(F)c3)CC2)c(OC)c1. The zero-order valence-electron chi connectivity index (χ0n) is 17.7. The van der Waals surface area contributed by atoms with Crippen LogP contribution in [0.5, 0.6) is 17.2 Å². The molecule has 1 amide bonds. The molecule has 0 fully saturated rings. The van der Waals surface area contributed by atoms with E-state index in [1.807, 2.05) is 18.2 Å². The Balaban J connectivity index is 1.62. The van der Waals surface area contributed by atoms with E-state index in [4.69, 9.17) is 14.2 Å². The Morgan fingerprint density at radius 2 is 1.74 bits per heavy atom. The van der Waals surface area contributed by atoms with E-state index in [0.29, 0.717) is 53.8 Å². The van der Waals surface area contributed by atoms with Gasteiger partial charge in [0.25, 0.3) is 0 Å². The third kappa shape index (κ3) is 5.50. The molecule has 8 heteroatoms. The van der Waals surface area contributed by atoms with Crippen molar-refractivity contribution in [3.8, 4) is 17.2 Å². The second-order valence-corrected chi connectivity index (χ2v) is 8.07. The fraction of sp³-hybridized carbons (Fsp3) is 0.348. The number of thioether (sulfide) groups is 1. The maximum Gasteiger partial charge on any atom is 0.223 e. The number of carbonyl (C=O) groups is 1. The van der Waals surface area contributed by atoms with E-state index in [9.17, 15) is 13.6 Å². The highest BCUT2D eigenvalue weighted by Gasteiger charge is 2.23. The highest BCUT2D eigenvalue weighted by atomic mass is 32.2. The molecular formula is C23H25F2NO4S. The number of carbonyl (C=O) groups excluding carboxylic acids is 1. The summed E-state index contributed by atoms with van der Waals surface area (Å²) in [5.41, 5.74) is 1.92. The van der Waals surface area contributed by atoms with Crippen LogP contribution in [0.1, 0.15) is 18.4 Å². The summed E-state index contributed by atoms with van der Waals surface area (Å²) in [4.78, 5) is 15.0. The minimum Gasteiger partial charge on any atom is -0.496 e. The second kappa shape index (κ2) is 10.5. The van der Waals surface area contributed by atoms with Crippen LogP contribution in [0.2, 0.25) is 0 Å². The van der Waals surface area contributed by atoms with Gasteiger partial charge in [-0.25, -0.2) is 8.78 Å². The molecule has 1 aliphatic rings. The van der Waals surface area contributed by atoms with Crippen LogP contribution >= 0.6 is 11.8 Å². The molecule has 0 aliphatic carbocycles. The van der Waals surface area contributed by atoms with E-state index < -0.39 is 11.6 Å². The molecule has 0 spiro atoms. The molecule has 0 saturated heterocycles. The summed E-state index contributed by atoms with van der Waals surface area (Å²) in [6, 6.07) is 7.38. The fourth-order valence-electron chi connectivity index (χ4n) is 3.43. The van der Waals surface area contributed by atoms with Crippen molar-refractivity contribution in [3.63, 3.8) is 0 Å². The molecule has 0 radical (unpaired) electrons. The number of methoxy groups -OCH3 is 3. The normalized spacial score (nSPS) is 13.6. The molecule has 1 heterocycles. The quantitative estimate of drug-likeness (QED) is 0.543. The van der Waals surface area contributed by atoms with Crippen molar-refractivity contribution in [3.05, 3.63) is 53.6 Å². The van der Waals surface area contributed by atoms with Crippen molar-refractivity contribution >= 4 is 23.2 Å². The first-order valence-corrected chi connectivity index (χ1v) is 10.8. The maximum atomic E-state index is 13.3. The van der Waals surface area contributed by atoms with Crippen molar-refractivity contribution in [1.82, 2.24) is 4.90 Å². The van der Waals surface area contributed by atoms with E-state index in [1.54, 1.807) is 26.2 Å². The molecule has 0 atom stereocenters. The Kier molecular flexibility index (Phi) is 7.79. The smallest absolute Gasteiger partial charge is 0.223 e. The largest absolute Gasteiger partial charge is 0.496 e. The first-order valence-electron chi connectivity index (χ1n) is 9.81. The van der Waals surface area contributed by atoms with Crippen molar-refractivity contribution in [1.29, 1.82) is 0 Å². The van der Waals surface area contributed by atoms with Crippen molar-refractivity contribution in [2.45, 2.75) is 17.7 Å². The minimum atomic E-state index is -0.880. The third-order valence-corrected chi connectivity index (χ3v) is 6.07. The van der Waals surface area contributed by atoms with E-state index in [2.05, 4.69) is 0 Å². The zero-order valence-corrected chi connectivity index (χ0v) is 18.6. The lowest BCUT2D eigenvalue weighted by atomic mass is 9.97. The Morgan fingerprint density at radius 3 is 2.29 bits per heavy atom. The van der Waals surface area contributed by atoms with Gasteiger partial charge < -0.3 is 19.1 Å². The molecule has 166 valence electrons. The summed E-state index contributed by atoms with van der Waals surface area (Å²) in [5.74, 6) is 0.728. The summed E-state index contributed by atoms with van der Waals surface area (Å²) >= 11 is 1.33. The first-order chi connectivity index (χ1) is 15.0. The molecule has 1 aliphatic heterocycles. The highest BCUT2D eigenvalue weighted by Crippen LogP contribution is 2.40. The van der Waals surface area contributed by atoms with Crippen LogP contribution in [0.15, 0.2) is 41.3 Å². The van der Waals surface area contributed by atoms with Gasteiger partial charge >= 0.3 is 0 Å². The Labute approximate surface area is 185 Å². The molecule has 0 unspecified atom stereocenters. The Bertz CT molecular complexity index is 955. The lowest BCUT2D eigenvalue weighted by molar-refractivity contribution is -0.130. The van der Waals surface area contributed by atoms with Gasteiger partial charge in [-0.15, -0.1) is 11.8 Å². The average Bonchev–Trinajstić information content (AvgIpc) is 2.80. The number of rotatable bonds is 8. The predicted octanol–water partition coefficient (Wildman–Crippen LogP) is 4.79. The van der Waals surface area contributed by atoms with Gasteiger partial charge in [0.2, 0.25) is 5.91 Å². The van der Waals surface area contributed by atoms with Crippen LogP contribution in [0.4, 0.5) is 8.78 Å². The Morgan fingerprint density at radius 1 is 1.03 bits per heavy atom. The monoisotopic (exact) mass is 449 g/mol. The minimum absolute atomic E-state index is 0.0269. The summed E-state index contributed by atoms with van der Waals surface area (Å²) in [7, 11) is 4.78. The van der Waals surface area contributed by atoms with E-state index in [-0.39, 0.29) is 5.91 Å². The second-order valence-electron chi connectivity index (χ2n) is 6.90. The van der Waals surface area contributed by atoms with Crippen molar-refractivity contribution < 1.29 is 27.8 Å². The van der Waals surface area contributed by atoms with E-state index in [1.165, 1.54) is 17.8 Å². The number of benzene rings is 2. The summed E-state index contributed by atoms with van der Waals surface area (Å²) in [6.45, 7) is 1.07. The molecule has 0 aromatic heterocycles. The summed E-state index contributed by atoms with van der Waals surface area (Å²) in [5, 5.41) is 0. The highest BCUT2D eigenvalue weighted by molar-refractivity contribution is 7.99. The van der Waals surface area contributed by atoms with Crippen LogP contribution in [0, 0.1) is 11.6 Å². The molecule has 0 bridgehead atoms. The predicted molar refractivity (Wildman–Crippen MR) is 117 cm³/mol. The standard InChI is InChI=1S/C23H25F2NO4S/c1-28-16-12-20(29-2)23(21(13-16)30-3)15-6-9-26(10-7-15)22(27)8-11-31-17-4-5-18(24)19(25)14-17/h4-6,12-14H,7-11H2,1-3H3. The zero-order chi connectivity index (χ0) is 22.4. The number of ether oxygens (including phenoxy) is 3. The van der Waals surface area contributed by atoms with Gasteiger partial charge in [-0.1, -0.05) is 6.08 Å². The molecule has 5 nitrogen and oxygen atoms in total. The van der Waals surface area contributed by atoms with Gasteiger partial charge in [-0.3, -0.25) is 4.79 Å². The number of hydrogen-bond acceptors (Lipinski definition) is 5. The summed E-state index contributed by atoms with van der Waals surface area (Å²) < 4.78 is 42.7. The van der Waals surface area contributed by atoms with Gasteiger partial charge in [0.15, 0.2) is 11.6 Å². The molecule has 0 saturated carbocycles. The van der Waals surface area contributed by atoms with Gasteiger partial charge in [0.05, 0.1) is 26.9 Å². The lowest BCUT2D eigenvalue weighted by Gasteiger charge is -2.28. The molecule has 3 rings (SSSR count). The van der Waals surface area contributed by atoms with E-state index in [0.717, 1.165) is 23.3 Å². The van der Waals surface area contributed by atoms with Crippen LogP contribution in [0.3, 0.4) is 0 Å². The third-order valence-electron chi connectivity index (χ3n) is 5.07. The van der Waals surface area contributed by atoms with Crippen molar-refractivity contribution in [2.24, 2.45) is 0 Å². The molecule has 0 N–H and O–H groups in total. The molecule has 2 aromatic rings. The van der Waals surface area contributed by atoms with Gasteiger partial charge in [0.1, 0.15) is 17.2 Å². The van der Waals surface area contributed by atoms with Crippen LogP contribution in [-0.2, 0) is 4.79 Å². The average molecular weight is 450 g/mol. The molecule has 2 aromatic carbocycles. The first kappa shape index (κ1) is 22.9. The maximum absolute atomic E-state index is 13.3. The van der Waals surface area contributed by atoms with Crippen LogP contribution in [-0.4, -0.2) is 51.0 Å². The number of nitrogens with zero attached hydrogens (tertiary/aromatic N) is 1. The Hall–Kier alpha value is -2.74. The van der Waals surface area contributed by atoms with Gasteiger partial charge in [-0.05, 0) is 30.2 Å². The number of halogens is 2. The summed E-state index contributed by atoms with van der Waals surface area (Å²) in [6.07, 6.45) is 3.00. The number of hydrogen-bond donors (Lipinski definition) is 0. The molecule has 31 heavy (non-hydrogen) atoms.